The van der Waals surface area contributed by atoms with Crippen LogP contribution in [0, 0.1) is 13.8 Å². The number of nitrogens with two attached hydrogens (primary N) is 1. The SMILES string of the molecule is Cc1cc(NS(=O)(=O)c2ccc(NC(=O)CSc3nnc(C4CCCCC4)n3N)cc2)nc(C)n1. The summed E-state index contributed by atoms with van der Waals surface area (Å²) in [6.45, 7) is 3.45. The van der Waals surface area contributed by atoms with E-state index in [2.05, 4.69) is 30.2 Å². The number of aryl methyl sites for hydroxylation is 2. The Hall–Kier alpha value is -3.19. The van der Waals surface area contributed by atoms with E-state index in [9.17, 15) is 13.2 Å². The summed E-state index contributed by atoms with van der Waals surface area (Å²) in [7, 11) is -3.84. The van der Waals surface area contributed by atoms with Crippen LogP contribution < -0.4 is 15.9 Å². The van der Waals surface area contributed by atoms with Gasteiger partial charge in [-0.3, -0.25) is 9.52 Å². The second-order valence-electron chi connectivity index (χ2n) is 8.45. The third-order valence-electron chi connectivity index (χ3n) is 5.65. The number of carbonyl (C=O) groups excluding carboxylic acids is 1. The van der Waals surface area contributed by atoms with E-state index in [1.165, 1.54) is 60.0 Å². The van der Waals surface area contributed by atoms with Gasteiger partial charge >= 0.3 is 0 Å². The molecule has 0 spiro atoms. The molecule has 186 valence electrons. The maximum absolute atomic E-state index is 12.7. The summed E-state index contributed by atoms with van der Waals surface area (Å²) >= 11 is 1.20. The number of sulfonamides is 1. The van der Waals surface area contributed by atoms with Gasteiger partial charge in [0.25, 0.3) is 10.0 Å². The first-order valence-electron chi connectivity index (χ1n) is 11.3. The largest absolute Gasteiger partial charge is 0.336 e. The first-order chi connectivity index (χ1) is 16.7. The van der Waals surface area contributed by atoms with Crippen molar-refractivity contribution in [3.05, 3.63) is 47.7 Å². The Bertz CT molecular complexity index is 1280. The minimum absolute atomic E-state index is 0.0465. The van der Waals surface area contributed by atoms with Crippen LogP contribution in [0.4, 0.5) is 11.5 Å². The highest BCUT2D eigenvalue weighted by Crippen LogP contribution is 2.32. The number of rotatable bonds is 8. The number of nitrogen functional groups attached to an aromatic ring is 1. The van der Waals surface area contributed by atoms with Gasteiger partial charge in [0.2, 0.25) is 11.1 Å². The van der Waals surface area contributed by atoms with Crippen molar-refractivity contribution in [3.8, 4) is 0 Å². The molecule has 11 nitrogen and oxygen atoms in total. The van der Waals surface area contributed by atoms with Crippen LogP contribution in [0.3, 0.4) is 0 Å². The lowest BCUT2D eigenvalue weighted by molar-refractivity contribution is -0.113. The summed E-state index contributed by atoms with van der Waals surface area (Å²) in [6, 6.07) is 7.44. The Morgan fingerprint density at radius 2 is 1.83 bits per heavy atom. The molecule has 1 amide bonds. The number of thioether (sulfide) groups is 1. The fourth-order valence-electron chi connectivity index (χ4n) is 4.04. The number of nitrogens with zero attached hydrogens (tertiary/aromatic N) is 5. The number of benzene rings is 1. The van der Waals surface area contributed by atoms with Crippen LogP contribution in [0.15, 0.2) is 40.4 Å². The molecule has 0 radical (unpaired) electrons. The van der Waals surface area contributed by atoms with E-state index in [1.54, 1.807) is 19.9 Å². The van der Waals surface area contributed by atoms with Crippen LogP contribution in [0.25, 0.3) is 0 Å². The Labute approximate surface area is 208 Å². The van der Waals surface area contributed by atoms with Crippen molar-refractivity contribution < 1.29 is 13.2 Å². The summed E-state index contributed by atoms with van der Waals surface area (Å²) < 4.78 is 29.3. The van der Waals surface area contributed by atoms with Crippen molar-refractivity contribution in [1.29, 1.82) is 0 Å². The van der Waals surface area contributed by atoms with Gasteiger partial charge in [-0.05, 0) is 51.0 Å². The van der Waals surface area contributed by atoms with Crippen molar-refractivity contribution in [2.24, 2.45) is 0 Å². The number of aromatic nitrogens is 5. The Morgan fingerprint density at radius 3 is 2.51 bits per heavy atom. The van der Waals surface area contributed by atoms with E-state index in [0.717, 1.165) is 18.7 Å². The fourth-order valence-corrected chi connectivity index (χ4v) is 5.69. The topological polar surface area (TPSA) is 158 Å². The van der Waals surface area contributed by atoms with Crippen molar-refractivity contribution in [3.63, 3.8) is 0 Å². The number of nitrogens with one attached hydrogen (secondary N) is 2. The third-order valence-corrected chi connectivity index (χ3v) is 7.96. The van der Waals surface area contributed by atoms with Crippen molar-refractivity contribution in [2.75, 3.05) is 21.6 Å². The van der Waals surface area contributed by atoms with Gasteiger partial charge in [-0.25, -0.2) is 23.1 Å². The summed E-state index contributed by atoms with van der Waals surface area (Å²) in [5, 5.41) is 11.6. The first-order valence-corrected chi connectivity index (χ1v) is 13.8. The minimum Gasteiger partial charge on any atom is -0.336 e. The number of amides is 1. The van der Waals surface area contributed by atoms with Gasteiger partial charge in [0.05, 0.1) is 10.6 Å². The van der Waals surface area contributed by atoms with Gasteiger partial charge in [0.15, 0.2) is 5.82 Å². The second-order valence-corrected chi connectivity index (χ2v) is 11.1. The van der Waals surface area contributed by atoms with Crippen LogP contribution in [0.5, 0.6) is 0 Å². The number of hydrogen-bond donors (Lipinski definition) is 3. The molecule has 0 unspecified atom stereocenters. The van der Waals surface area contributed by atoms with Gasteiger partial charge in [-0.2, -0.15) is 0 Å². The van der Waals surface area contributed by atoms with E-state index in [4.69, 9.17) is 5.84 Å². The van der Waals surface area contributed by atoms with Gasteiger partial charge < -0.3 is 11.2 Å². The van der Waals surface area contributed by atoms with Crippen LogP contribution in [-0.2, 0) is 14.8 Å². The molecule has 3 aromatic rings. The number of anilines is 2. The molecule has 0 bridgehead atoms. The molecule has 4 N–H and O–H groups in total. The maximum Gasteiger partial charge on any atom is 0.263 e. The average Bonchev–Trinajstić information content (AvgIpc) is 3.18. The molecule has 0 saturated heterocycles. The standard InChI is InChI=1S/C22H28N8O3S2/c1-14-12-19(25-15(2)24-14)29-35(32,33)18-10-8-17(9-11-18)26-20(31)13-34-22-28-27-21(30(22)23)16-6-4-3-5-7-16/h8-12,16H,3-7,13,23H2,1-2H3,(H,26,31)(H,24,25,29). The van der Waals surface area contributed by atoms with Crippen LogP contribution in [0.1, 0.15) is 55.4 Å². The third kappa shape index (κ3) is 6.28. The number of carbonyl (C=O) groups is 1. The molecule has 1 fully saturated rings. The normalized spacial score (nSPS) is 14.6. The predicted molar refractivity (Wildman–Crippen MR) is 134 cm³/mol. The Balaban J connectivity index is 1.33. The molecular formula is C22H28N8O3S2. The molecule has 1 saturated carbocycles. The van der Waals surface area contributed by atoms with Crippen molar-refractivity contribution in [1.82, 2.24) is 24.8 Å². The van der Waals surface area contributed by atoms with Gasteiger partial charge in [-0.1, -0.05) is 31.0 Å². The summed E-state index contributed by atoms with van der Waals surface area (Å²) in [5.41, 5.74) is 1.13. The highest BCUT2D eigenvalue weighted by molar-refractivity contribution is 7.99. The average molecular weight is 517 g/mol. The molecular weight excluding hydrogens is 488 g/mol. The van der Waals surface area contributed by atoms with Crippen LogP contribution >= 0.6 is 11.8 Å². The quantitative estimate of drug-likeness (QED) is 0.302. The lowest BCUT2D eigenvalue weighted by Gasteiger charge is -2.20. The van der Waals surface area contributed by atoms with E-state index >= 15 is 0 Å². The molecule has 13 heteroatoms. The molecule has 35 heavy (non-hydrogen) atoms. The molecule has 0 aliphatic heterocycles. The molecule has 2 aromatic heterocycles. The molecule has 0 atom stereocenters. The molecule has 1 aliphatic rings. The van der Waals surface area contributed by atoms with Crippen molar-refractivity contribution in [2.45, 2.75) is 61.9 Å². The van der Waals surface area contributed by atoms with E-state index in [-0.39, 0.29) is 22.4 Å². The zero-order chi connectivity index (χ0) is 25.0. The summed E-state index contributed by atoms with van der Waals surface area (Å²) in [4.78, 5) is 20.7. The van der Waals surface area contributed by atoms with E-state index in [1.807, 2.05) is 0 Å². The van der Waals surface area contributed by atoms with E-state index in [0.29, 0.717) is 28.3 Å². The predicted octanol–water partition coefficient (Wildman–Crippen LogP) is 2.98. The Kier molecular flexibility index (Phi) is 7.55. The van der Waals surface area contributed by atoms with Crippen LogP contribution in [0.2, 0.25) is 0 Å². The fraction of sp³-hybridized carbons (Fsp3) is 0.409. The summed E-state index contributed by atoms with van der Waals surface area (Å²) in [5.74, 6) is 7.75. The lowest BCUT2D eigenvalue weighted by Crippen LogP contribution is -2.20. The molecule has 2 heterocycles. The zero-order valence-corrected chi connectivity index (χ0v) is 21.2. The first kappa shape index (κ1) is 24.9. The second kappa shape index (κ2) is 10.6. The summed E-state index contributed by atoms with van der Waals surface area (Å²) in [6.07, 6.45) is 5.68. The Morgan fingerprint density at radius 1 is 1.11 bits per heavy atom. The van der Waals surface area contributed by atoms with E-state index < -0.39 is 10.0 Å². The highest BCUT2D eigenvalue weighted by atomic mass is 32.2. The maximum atomic E-state index is 12.7. The molecule has 4 rings (SSSR count). The van der Waals surface area contributed by atoms with Crippen LogP contribution in [-0.4, -0.2) is 44.9 Å². The molecule has 1 aromatic carbocycles. The zero-order valence-electron chi connectivity index (χ0n) is 19.6. The van der Waals surface area contributed by atoms with Gasteiger partial charge in [0, 0.05) is 23.4 Å². The smallest absolute Gasteiger partial charge is 0.263 e. The van der Waals surface area contributed by atoms with Crippen molar-refractivity contribution >= 4 is 39.2 Å². The van der Waals surface area contributed by atoms with Gasteiger partial charge in [-0.15, -0.1) is 10.2 Å². The number of hydrogen-bond acceptors (Lipinski definition) is 9. The molecule has 1 aliphatic carbocycles. The lowest BCUT2D eigenvalue weighted by atomic mass is 9.89. The monoisotopic (exact) mass is 516 g/mol. The highest BCUT2D eigenvalue weighted by Gasteiger charge is 2.23. The van der Waals surface area contributed by atoms with Gasteiger partial charge in [0.1, 0.15) is 11.6 Å². The minimum atomic E-state index is -3.84.